The van der Waals surface area contributed by atoms with Gasteiger partial charge in [-0.05, 0) is 43.2 Å². The zero-order valence-electron chi connectivity index (χ0n) is 15.3. The zero-order valence-corrected chi connectivity index (χ0v) is 15.3. The zero-order chi connectivity index (χ0) is 20.7. The van der Waals surface area contributed by atoms with Crippen molar-refractivity contribution in [2.45, 2.75) is 13.8 Å². The van der Waals surface area contributed by atoms with Crippen molar-refractivity contribution in [3.8, 4) is 5.69 Å². The lowest BCUT2D eigenvalue weighted by Crippen LogP contribution is -2.33. The molecular weight excluding hydrogens is 380 g/mol. The molecule has 0 aliphatic carbocycles. The molecule has 0 unspecified atom stereocenters. The van der Waals surface area contributed by atoms with Gasteiger partial charge >= 0.3 is 11.8 Å². The average molecular weight is 394 g/mol. The van der Waals surface area contributed by atoms with Crippen LogP contribution in [0.2, 0.25) is 0 Å². The van der Waals surface area contributed by atoms with E-state index in [0.717, 1.165) is 40.0 Å². The molecule has 1 N–H and O–H groups in total. The number of carbonyl (C=O) groups excluding carboxylic acids is 1. The first-order chi connectivity index (χ1) is 13.8. The Morgan fingerprint density at radius 1 is 1.21 bits per heavy atom. The molecule has 3 aromatic heterocycles. The summed E-state index contributed by atoms with van der Waals surface area (Å²) >= 11 is 0. The molecule has 0 bridgehead atoms. The molecule has 1 aromatic carbocycles. The molecule has 146 valence electrons. The maximum absolute atomic E-state index is 12.7. The second-order valence-electron chi connectivity index (χ2n) is 6.32. The van der Waals surface area contributed by atoms with E-state index >= 15 is 0 Å². The number of aromatic nitrogens is 4. The van der Waals surface area contributed by atoms with E-state index in [9.17, 15) is 19.7 Å². The van der Waals surface area contributed by atoms with Crippen LogP contribution in [0.15, 0.2) is 52.1 Å². The number of nitrogens with one attached hydrogen (secondary N) is 1. The molecule has 3 heterocycles. The van der Waals surface area contributed by atoms with Crippen molar-refractivity contribution in [3.63, 3.8) is 0 Å². The van der Waals surface area contributed by atoms with E-state index in [1.54, 1.807) is 0 Å². The van der Waals surface area contributed by atoms with Crippen LogP contribution in [0, 0.1) is 24.0 Å². The van der Waals surface area contributed by atoms with Crippen molar-refractivity contribution in [1.82, 2.24) is 19.4 Å². The molecule has 0 atom stereocenters. The summed E-state index contributed by atoms with van der Waals surface area (Å²) in [5, 5.41) is 15.1. The van der Waals surface area contributed by atoms with Crippen LogP contribution in [-0.2, 0) is 0 Å². The summed E-state index contributed by atoms with van der Waals surface area (Å²) < 4.78 is 7.23. The van der Waals surface area contributed by atoms with E-state index in [2.05, 4.69) is 15.5 Å². The first-order valence-corrected chi connectivity index (χ1v) is 8.44. The van der Waals surface area contributed by atoms with E-state index in [4.69, 9.17) is 4.42 Å². The lowest BCUT2D eigenvalue weighted by Gasteiger charge is -2.08. The fourth-order valence-electron chi connectivity index (χ4n) is 2.75. The Labute approximate surface area is 162 Å². The third-order valence-corrected chi connectivity index (χ3v) is 4.44. The van der Waals surface area contributed by atoms with E-state index in [1.165, 1.54) is 10.9 Å². The number of aryl methyl sites for hydroxylation is 2. The Morgan fingerprint density at radius 3 is 2.69 bits per heavy atom. The SMILES string of the molecule is Cc1ccc(-n2ncc3c(=O)n(NC(=O)c4ccc([N+](=O)[O-])o4)cnc32)cc1C. The second-order valence-corrected chi connectivity index (χ2v) is 6.32. The van der Waals surface area contributed by atoms with Crippen molar-refractivity contribution in [2.24, 2.45) is 0 Å². The van der Waals surface area contributed by atoms with Gasteiger partial charge in [0, 0.05) is 0 Å². The normalized spacial score (nSPS) is 11.0. The molecule has 1 amide bonds. The van der Waals surface area contributed by atoms with Crippen LogP contribution in [0.1, 0.15) is 21.7 Å². The van der Waals surface area contributed by atoms with E-state index in [0.29, 0.717) is 5.65 Å². The summed E-state index contributed by atoms with van der Waals surface area (Å²) in [6.45, 7) is 3.97. The standard InChI is InChI=1S/C18H14N6O5/c1-10-3-4-12(7-11(10)2)23-16-13(8-20-23)18(26)22(9-19-16)21-17(25)14-5-6-15(29-14)24(27)28/h3-9H,1-2H3,(H,21,25). The van der Waals surface area contributed by atoms with Crippen LogP contribution in [-0.4, -0.2) is 30.3 Å². The minimum atomic E-state index is -0.831. The Balaban J connectivity index is 1.68. The molecule has 0 radical (unpaired) electrons. The van der Waals surface area contributed by atoms with Crippen molar-refractivity contribution < 1.29 is 14.1 Å². The van der Waals surface area contributed by atoms with Gasteiger partial charge in [0.25, 0.3) is 5.56 Å². The van der Waals surface area contributed by atoms with Gasteiger partial charge in [-0.3, -0.25) is 25.1 Å². The van der Waals surface area contributed by atoms with Gasteiger partial charge in [-0.25, -0.2) is 14.3 Å². The highest BCUT2D eigenvalue weighted by Crippen LogP contribution is 2.18. The number of nitrogens with zero attached hydrogens (tertiary/aromatic N) is 5. The van der Waals surface area contributed by atoms with Crippen molar-refractivity contribution in [2.75, 3.05) is 5.43 Å². The van der Waals surface area contributed by atoms with Gasteiger partial charge in [-0.15, -0.1) is 0 Å². The van der Waals surface area contributed by atoms with Gasteiger partial charge < -0.3 is 4.42 Å². The summed E-state index contributed by atoms with van der Waals surface area (Å²) in [6.07, 6.45) is 2.50. The largest absolute Gasteiger partial charge is 0.433 e. The summed E-state index contributed by atoms with van der Waals surface area (Å²) in [5.41, 5.74) is 5.01. The summed E-state index contributed by atoms with van der Waals surface area (Å²) in [4.78, 5) is 39.0. The quantitative estimate of drug-likeness (QED) is 0.413. The minimum Gasteiger partial charge on any atom is -0.395 e. The van der Waals surface area contributed by atoms with Crippen LogP contribution >= 0.6 is 0 Å². The molecule has 0 aliphatic heterocycles. The monoisotopic (exact) mass is 394 g/mol. The Morgan fingerprint density at radius 2 is 2.00 bits per heavy atom. The first kappa shape index (κ1) is 18.1. The van der Waals surface area contributed by atoms with Crippen LogP contribution in [0.3, 0.4) is 0 Å². The highest BCUT2D eigenvalue weighted by Gasteiger charge is 2.19. The molecule has 0 aliphatic rings. The number of furan rings is 1. The number of hydrogen-bond acceptors (Lipinski definition) is 7. The fourth-order valence-corrected chi connectivity index (χ4v) is 2.75. The highest BCUT2D eigenvalue weighted by atomic mass is 16.6. The molecule has 4 rings (SSSR count). The van der Waals surface area contributed by atoms with Crippen LogP contribution in [0.4, 0.5) is 5.88 Å². The maximum Gasteiger partial charge on any atom is 0.433 e. The smallest absolute Gasteiger partial charge is 0.395 e. The number of carbonyl (C=O) groups is 1. The number of fused-ring (bicyclic) bond motifs is 1. The number of nitro groups is 1. The molecular formula is C18H14N6O5. The highest BCUT2D eigenvalue weighted by molar-refractivity contribution is 5.97. The van der Waals surface area contributed by atoms with E-state index < -0.39 is 22.3 Å². The van der Waals surface area contributed by atoms with Crippen molar-refractivity contribution >= 4 is 22.8 Å². The Kier molecular flexibility index (Phi) is 4.19. The summed E-state index contributed by atoms with van der Waals surface area (Å²) in [7, 11) is 0. The molecule has 4 aromatic rings. The van der Waals surface area contributed by atoms with Gasteiger partial charge in [0.15, 0.2) is 5.65 Å². The van der Waals surface area contributed by atoms with Crippen LogP contribution < -0.4 is 11.0 Å². The predicted molar refractivity (Wildman–Crippen MR) is 102 cm³/mol. The number of amides is 1. The van der Waals surface area contributed by atoms with Gasteiger partial charge in [0.05, 0.1) is 18.0 Å². The topological polar surface area (TPSA) is 138 Å². The van der Waals surface area contributed by atoms with Crippen LogP contribution in [0.25, 0.3) is 16.7 Å². The molecule has 0 saturated carbocycles. The molecule has 0 spiro atoms. The molecule has 0 fully saturated rings. The molecule has 11 heteroatoms. The summed E-state index contributed by atoms with van der Waals surface area (Å²) in [6, 6.07) is 7.94. The summed E-state index contributed by atoms with van der Waals surface area (Å²) in [5.74, 6) is -1.72. The number of rotatable bonds is 4. The molecule has 0 saturated heterocycles. The number of benzene rings is 1. The maximum atomic E-state index is 12.7. The number of hydrogen-bond donors (Lipinski definition) is 1. The lowest BCUT2D eigenvalue weighted by molar-refractivity contribution is -0.402. The van der Waals surface area contributed by atoms with Crippen molar-refractivity contribution in [3.05, 3.63) is 80.2 Å². The average Bonchev–Trinajstić information content (AvgIpc) is 3.34. The van der Waals surface area contributed by atoms with E-state index in [1.807, 2.05) is 32.0 Å². The van der Waals surface area contributed by atoms with Gasteiger partial charge in [-0.1, -0.05) is 6.07 Å². The third-order valence-electron chi connectivity index (χ3n) is 4.44. The fraction of sp³-hybridized carbons (Fsp3) is 0.111. The lowest BCUT2D eigenvalue weighted by atomic mass is 10.1. The Hall–Kier alpha value is -4.28. The molecule has 29 heavy (non-hydrogen) atoms. The first-order valence-electron chi connectivity index (χ1n) is 8.44. The van der Waals surface area contributed by atoms with Gasteiger partial charge in [0.1, 0.15) is 16.6 Å². The Bertz CT molecular complexity index is 1330. The van der Waals surface area contributed by atoms with Gasteiger partial charge in [0.2, 0.25) is 5.76 Å². The van der Waals surface area contributed by atoms with Crippen LogP contribution in [0.5, 0.6) is 0 Å². The third kappa shape index (κ3) is 3.14. The molecule has 11 nitrogen and oxygen atoms in total. The van der Waals surface area contributed by atoms with Crippen molar-refractivity contribution in [1.29, 1.82) is 0 Å². The predicted octanol–water partition coefficient (Wildman–Crippen LogP) is 2.08. The van der Waals surface area contributed by atoms with Gasteiger partial charge in [-0.2, -0.15) is 5.10 Å². The second kappa shape index (κ2) is 6.71. The van der Waals surface area contributed by atoms with E-state index in [-0.39, 0.29) is 11.1 Å². The minimum absolute atomic E-state index is 0.191.